The molecule has 1 atom stereocenters. The van der Waals surface area contributed by atoms with Crippen molar-refractivity contribution < 1.29 is 14.6 Å². The maximum Gasteiger partial charge on any atom is 0.226 e. The maximum absolute atomic E-state index is 13.0. The van der Waals surface area contributed by atoms with Gasteiger partial charge in [-0.15, -0.1) is 5.10 Å². The van der Waals surface area contributed by atoms with Gasteiger partial charge in [0.15, 0.2) is 11.6 Å². The van der Waals surface area contributed by atoms with Gasteiger partial charge in [-0.3, -0.25) is 4.79 Å². The van der Waals surface area contributed by atoms with Gasteiger partial charge in [-0.05, 0) is 38.0 Å². The third-order valence-electron chi connectivity index (χ3n) is 5.49. The zero-order valence-corrected chi connectivity index (χ0v) is 16.6. The van der Waals surface area contributed by atoms with Gasteiger partial charge in [-0.1, -0.05) is 30.3 Å². The Balaban J connectivity index is 1.70. The summed E-state index contributed by atoms with van der Waals surface area (Å²) < 4.78 is 7.64. The molecule has 30 heavy (non-hydrogen) atoms. The molecular formula is C23H22N4O3. The molecule has 0 spiro atoms. The molecule has 1 aliphatic carbocycles. The van der Waals surface area contributed by atoms with E-state index in [1.54, 1.807) is 22.9 Å². The molecule has 0 fully saturated rings. The van der Waals surface area contributed by atoms with Gasteiger partial charge in [-0.25, -0.2) is 4.68 Å². The number of aromatic nitrogens is 3. The van der Waals surface area contributed by atoms with Crippen LogP contribution in [0.15, 0.2) is 59.8 Å². The van der Waals surface area contributed by atoms with Gasteiger partial charge >= 0.3 is 0 Å². The molecule has 2 heterocycles. The number of anilines is 1. The van der Waals surface area contributed by atoms with E-state index in [0.717, 1.165) is 35.4 Å². The summed E-state index contributed by atoms with van der Waals surface area (Å²) in [7, 11) is 0. The Morgan fingerprint density at radius 1 is 1.20 bits per heavy atom. The molecule has 0 saturated heterocycles. The summed E-state index contributed by atoms with van der Waals surface area (Å²) >= 11 is 0. The van der Waals surface area contributed by atoms with Gasteiger partial charge in [0.2, 0.25) is 5.95 Å². The van der Waals surface area contributed by atoms with Crippen LogP contribution in [0.1, 0.15) is 37.8 Å². The second-order valence-electron chi connectivity index (χ2n) is 7.42. The highest BCUT2D eigenvalue weighted by atomic mass is 16.5. The molecule has 2 aliphatic rings. The van der Waals surface area contributed by atoms with Crippen LogP contribution >= 0.6 is 0 Å². The van der Waals surface area contributed by atoms with Crippen LogP contribution in [0.4, 0.5) is 5.95 Å². The monoisotopic (exact) mass is 402 g/mol. The Morgan fingerprint density at radius 3 is 2.90 bits per heavy atom. The van der Waals surface area contributed by atoms with E-state index in [1.807, 2.05) is 37.3 Å². The van der Waals surface area contributed by atoms with Crippen molar-refractivity contribution in [2.24, 2.45) is 0 Å². The zero-order valence-electron chi connectivity index (χ0n) is 16.6. The van der Waals surface area contributed by atoms with Crippen molar-refractivity contribution in [1.82, 2.24) is 14.8 Å². The molecule has 3 aromatic rings. The van der Waals surface area contributed by atoms with Gasteiger partial charge in [0.1, 0.15) is 17.5 Å². The van der Waals surface area contributed by atoms with Crippen LogP contribution in [0.5, 0.6) is 11.5 Å². The van der Waals surface area contributed by atoms with Crippen molar-refractivity contribution in [3.63, 3.8) is 0 Å². The first kappa shape index (κ1) is 18.4. The molecule has 0 bridgehead atoms. The lowest BCUT2D eigenvalue weighted by atomic mass is 9.85. The highest BCUT2D eigenvalue weighted by Crippen LogP contribution is 2.43. The lowest BCUT2D eigenvalue weighted by Crippen LogP contribution is -2.31. The molecule has 2 aromatic carbocycles. The minimum absolute atomic E-state index is 0.125. The van der Waals surface area contributed by atoms with Crippen molar-refractivity contribution in [3.8, 4) is 22.9 Å². The van der Waals surface area contributed by atoms with Gasteiger partial charge in [0, 0.05) is 28.8 Å². The summed E-state index contributed by atoms with van der Waals surface area (Å²) in [6.45, 7) is 2.47. The molecule has 152 valence electrons. The molecule has 7 nitrogen and oxygen atoms in total. The van der Waals surface area contributed by atoms with E-state index in [0.29, 0.717) is 30.4 Å². The van der Waals surface area contributed by atoms with E-state index in [-0.39, 0.29) is 11.5 Å². The first-order chi connectivity index (χ1) is 14.7. The van der Waals surface area contributed by atoms with Crippen LogP contribution in [0.2, 0.25) is 0 Å². The van der Waals surface area contributed by atoms with Crippen LogP contribution in [-0.2, 0) is 4.79 Å². The van der Waals surface area contributed by atoms with Gasteiger partial charge in [0.25, 0.3) is 0 Å². The number of hydrogen-bond donors (Lipinski definition) is 2. The Labute approximate surface area is 174 Å². The number of nitrogens with zero attached hydrogens (tertiary/aromatic N) is 3. The first-order valence-corrected chi connectivity index (χ1v) is 10.2. The van der Waals surface area contributed by atoms with E-state index < -0.39 is 6.04 Å². The summed E-state index contributed by atoms with van der Waals surface area (Å²) in [6, 6.07) is 14.2. The number of para-hydroxylation sites is 1. The predicted molar refractivity (Wildman–Crippen MR) is 112 cm³/mol. The van der Waals surface area contributed by atoms with Crippen LogP contribution in [-0.4, -0.2) is 32.3 Å². The van der Waals surface area contributed by atoms with E-state index >= 15 is 0 Å². The minimum atomic E-state index is -0.412. The highest BCUT2D eigenvalue weighted by molar-refractivity contribution is 5.99. The molecule has 0 radical (unpaired) electrons. The number of Topliss-reactive ketones (excluding diaryl/α,β-unsaturated/α-hetero) is 1. The number of benzene rings is 2. The Bertz CT molecular complexity index is 1160. The summed E-state index contributed by atoms with van der Waals surface area (Å²) in [5.74, 6) is 2.08. The largest absolute Gasteiger partial charge is 0.508 e. The number of fused-ring (bicyclic) bond motifs is 1. The molecule has 1 aliphatic heterocycles. The van der Waals surface area contributed by atoms with Gasteiger partial charge in [0.05, 0.1) is 6.61 Å². The molecule has 0 saturated carbocycles. The topological polar surface area (TPSA) is 89.3 Å². The SMILES string of the molecule is CCOc1ccccc1C1C2=C(CCCC2=O)Nc2nc(-c3cccc(O)c3)nn21. The molecule has 7 heteroatoms. The maximum atomic E-state index is 13.0. The number of carbonyl (C=O) groups excluding carboxylic acids is 1. The molecule has 1 aromatic heterocycles. The standard InChI is InChI=1S/C23H22N4O3/c1-2-30-19-12-4-3-9-16(19)21-20-17(10-6-11-18(20)29)24-23-25-22(26-27(21)23)14-7-5-8-15(28)13-14/h3-5,7-9,12-13,21,28H,2,6,10-11H2,1H3,(H,24,25,26). The fourth-order valence-electron chi connectivity index (χ4n) is 4.20. The number of carbonyl (C=O) groups is 1. The second-order valence-corrected chi connectivity index (χ2v) is 7.42. The average Bonchev–Trinajstić information content (AvgIpc) is 3.17. The number of hydrogen-bond acceptors (Lipinski definition) is 6. The number of rotatable bonds is 4. The molecule has 2 N–H and O–H groups in total. The number of phenolic OH excluding ortho intramolecular Hbond substituents is 1. The predicted octanol–water partition coefficient (Wildman–Crippen LogP) is 4.07. The van der Waals surface area contributed by atoms with Crippen molar-refractivity contribution in [3.05, 3.63) is 65.4 Å². The molecule has 5 rings (SSSR count). The third-order valence-corrected chi connectivity index (χ3v) is 5.49. The Morgan fingerprint density at radius 2 is 2.07 bits per heavy atom. The smallest absolute Gasteiger partial charge is 0.226 e. The number of ketones is 1. The van der Waals surface area contributed by atoms with Crippen molar-refractivity contribution in [2.45, 2.75) is 32.2 Å². The van der Waals surface area contributed by atoms with Crippen molar-refractivity contribution in [2.75, 3.05) is 11.9 Å². The van der Waals surface area contributed by atoms with Crippen LogP contribution in [0.3, 0.4) is 0 Å². The lowest BCUT2D eigenvalue weighted by molar-refractivity contribution is -0.116. The molecule has 0 amide bonds. The van der Waals surface area contributed by atoms with Gasteiger partial charge in [-0.2, -0.15) is 4.98 Å². The van der Waals surface area contributed by atoms with Gasteiger partial charge < -0.3 is 15.2 Å². The van der Waals surface area contributed by atoms with Crippen molar-refractivity contribution in [1.29, 1.82) is 0 Å². The Hall–Kier alpha value is -3.61. The second kappa shape index (κ2) is 7.33. The first-order valence-electron chi connectivity index (χ1n) is 10.2. The quantitative estimate of drug-likeness (QED) is 0.684. The van der Waals surface area contributed by atoms with Crippen LogP contribution in [0.25, 0.3) is 11.4 Å². The summed E-state index contributed by atoms with van der Waals surface area (Å²) in [4.78, 5) is 17.7. The minimum Gasteiger partial charge on any atom is -0.508 e. The fourth-order valence-corrected chi connectivity index (χ4v) is 4.20. The summed E-state index contributed by atoms with van der Waals surface area (Å²) in [5.41, 5.74) is 3.23. The van der Waals surface area contributed by atoms with E-state index in [9.17, 15) is 9.90 Å². The van der Waals surface area contributed by atoms with Crippen LogP contribution in [0, 0.1) is 0 Å². The van der Waals surface area contributed by atoms with Crippen LogP contribution < -0.4 is 10.1 Å². The number of nitrogens with one attached hydrogen (secondary N) is 1. The molecule has 1 unspecified atom stereocenters. The van der Waals surface area contributed by atoms with E-state index in [1.165, 1.54) is 0 Å². The summed E-state index contributed by atoms with van der Waals surface area (Å²) in [5, 5.41) is 17.9. The highest BCUT2D eigenvalue weighted by Gasteiger charge is 2.38. The molecular weight excluding hydrogens is 380 g/mol. The Kier molecular flexibility index (Phi) is 4.50. The fraction of sp³-hybridized carbons (Fsp3) is 0.261. The third kappa shape index (κ3) is 3.03. The average molecular weight is 402 g/mol. The number of aromatic hydroxyl groups is 1. The lowest BCUT2D eigenvalue weighted by Gasteiger charge is -2.32. The summed E-state index contributed by atoms with van der Waals surface area (Å²) in [6.07, 6.45) is 2.14. The van der Waals surface area contributed by atoms with E-state index in [4.69, 9.17) is 9.84 Å². The number of ether oxygens (including phenoxy) is 1. The normalized spacial score (nSPS) is 17.9. The number of allylic oxidation sites excluding steroid dienone is 2. The number of phenols is 1. The van der Waals surface area contributed by atoms with E-state index in [2.05, 4.69) is 10.3 Å². The van der Waals surface area contributed by atoms with Crippen molar-refractivity contribution >= 4 is 11.7 Å². The zero-order chi connectivity index (χ0) is 20.7.